The second-order valence-corrected chi connectivity index (χ2v) is 17.8. The Morgan fingerprint density at radius 2 is 1.57 bits per heavy atom. The predicted octanol–water partition coefficient (Wildman–Crippen LogP) is 5.94. The van der Waals surface area contributed by atoms with Crippen LogP contribution in [0.2, 0.25) is 9.36 Å². The average Bonchev–Trinajstić information content (AvgIpc) is 3.03. The van der Waals surface area contributed by atoms with Gasteiger partial charge in [0.25, 0.3) is 0 Å². The van der Waals surface area contributed by atoms with Crippen molar-refractivity contribution in [3.8, 4) is 0 Å². The molecule has 3 rings (SSSR count). The molecule has 0 saturated heterocycles. The molecule has 2 aliphatic rings. The third-order valence-corrected chi connectivity index (χ3v) is 15.7. The molecule has 1 aromatic carbocycles. The molecule has 1 unspecified atom stereocenters. The van der Waals surface area contributed by atoms with Gasteiger partial charge in [-0.15, -0.1) is 0 Å². The molecule has 0 N–H and O–H groups in total. The molecule has 1 atom stereocenters. The van der Waals surface area contributed by atoms with E-state index in [2.05, 4.69) is 54.4 Å². The molecule has 0 fully saturated rings. The molecule has 0 heterocycles. The first-order valence-corrected chi connectivity index (χ1v) is 17.6. The van der Waals surface area contributed by atoms with Crippen molar-refractivity contribution in [1.82, 2.24) is 0 Å². The molecule has 0 radical (unpaired) electrons. The van der Waals surface area contributed by atoms with Crippen molar-refractivity contribution in [3.05, 3.63) is 40.5 Å². The number of fused-ring (bicyclic) bond motifs is 2. The zero-order valence-corrected chi connectivity index (χ0v) is 17.9. The van der Waals surface area contributed by atoms with Crippen LogP contribution >= 0.6 is 0 Å². The van der Waals surface area contributed by atoms with E-state index in [0.717, 1.165) is 0 Å². The molecule has 1 heteroatoms. The summed E-state index contributed by atoms with van der Waals surface area (Å²) < 4.78 is 5.66. The van der Waals surface area contributed by atoms with E-state index in [1.54, 1.807) is 22.3 Å². The Hall–Kier alpha value is -0.170. The number of benzene rings is 1. The van der Waals surface area contributed by atoms with Crippen LogP contribution in [0.15, 0.2) is 18.2 Å². The number of rotatable bonds is 4. The van der Waals surface area contributed by atoms with Gasteiger partial charge in [0.1, 0.15) is 0 Å². The predicted molar refractivity (Wildman–Crippen MR) is 89.6 cm³/mol. The summed E-state index contributed by atoms with van der Waals surface area (Å²) in [7, 11) is 0. The van der Waals surface area contributed by atoms with Crippen LogP contribution in [0.4, 0.5) is 0 Å². The maximum atomic E-state index is 2.62. The third-order valence-electron chi connectivity index (χ3n) is 6.48. The molecule has 0 amide bonds. The van der Waals surface area contributed by atoms with Gasteiger partial charge in [-0.25, -0.2) is 0 Å². The van der Waals surface area contributed by atoms with Crippen LogP contribution in [-0.2, 0) is 37.5 Å². The topological polar surface area (TPSA) is 0 Å². The van der Waals surface area contributed by atoms with Crippen LogP contribution in [0.1, 0.15) is 62.3 Å². The summed E-state index contributed by atoms with van der Waals surface area (Å²) in [4.78, 5) is 0. The van der Waals surface area contributed by atoms with Crippen molar-refractivity contribution in [2.75, 3.05) is 0 Å². The van der Waals surface area contributed by atoms with Crippen LogP contribution in [-0.4, -0.2) is 0 Å². The van der Waals surface area contributed by atoms with E-state index in [1.807, 2.05) is 0 Å². The van der Waals surface area contributed by atoms with E-state index in [0.29, 0.717) is 8.59 Å². The molecule has 0 aliphatic heterocycles. The minimum absolute atomic E-state index is 0.485. The van der Waals surface area contributed by atoms with Gasteiger partial charge in [0.15, 0.2) is 0 Å². The molecular formula is C20H29Hf. The SMILES string of the molecule is CCC1(CC)Cc2cc3c(cc2C1)[C](CC)([Hf]([CH3])[CH3])C=C3. The summed E-state index contributed by atoms with van der Waals surface area (Å²) >= 11 is -1.52. The molecule has 1 aromatic rings. The Morgan fingerprint density at radius 1 is 0.952 bits per heavy atom. The van der Waals surface area contributed by atoms with Crippen molar-refractivity contribution in [2.24, 2.45) is 5.41 Å². The fraction of sp³-hybridized carbons (Fsp3) is 0.600. The summed E-state index contributed by atoms with van der Waals surface area (Å²) in [5.74, 6) is 0. The Morgan fingerprint density at radius 3 is 2.10 bits per heavy atom. The van der Waals surface area contributed by atoms with Gasteiger partial charge in [0.2, 0.25) is 0 Å². The van der Waals surface area contributed by atoms with Crippen molar-refractivity contribution in [2.45, 2.75) is 65.4 Å². The van der Waals surface area contributed by atoms with Crippen LogP contribution in [0, 0.1) is 5.41 Å². The number of hydrogen-bond acceptors (Lipinski definition) is 0. The van der Waals surface area contributed by atoms with Gasteiger partial charge >= 0.3 is 139 Å². The molecule has 0 bridgehead atoms. The molecule has 113 valence electrons. The van der Waals surface area contributed by atoms with Crippen molar-refractivity contribution in [1.29, 1.82) is 0 Å². The van der Waals surface area contributed by atoms with Crippen LogP contribution in [0.5, 0.6) is 0 Å². The molecule has 0 aromatic heterocycles. The normalized spacial score (nSPS) is 25.0. The average molecular weight is 448 g/mol. The molecular weight excluding hydrogens is 419 g/mol. The summed E-state index contributed by atoms with van der Waals surface area (Å²) in [5.41, 5.74) is 7.11. The van der Waals surface area contributed by atoms with Crippen LogP contribution in [0.25, 0.3) is 6.08 Å². The zero-order valence-electron chi connectivity index (χ0n) is 14.3. The Kier molecular flexibility index (Phi) is 4.10. The van der Waals surface area contributed by atoms with E-state index >= 15 is 0 Å². The third kappa shape index (κ3) is 2.26. The van der Waals surface area contributed by atoms with Crippen molar-refractivity contribution < 1.29 is 21.4 Å². The van der Waals surface area contributed by atoms with E-state index in [-0.39, 0.29) is 0 Å². The van der Waals surface area contributed by atoms with E-state index in [9.17, 15) is 0 Å². The van der Waals surface area contributed by atoms with Gasteiger partial charge in [-0.05, 0) is 0 Å². The molecule has 2 aliphatic carbocycles. The van der Waals surface area contributed by atoms with E-state index in [4.69, 9.17) is 0 Å². The standard InChI is InChI=1S/C18H23.2CH3.Hf/c1-4-13-7-8-14-9-15-11-18(5-2,6-3)12-16(15)10-17(13)14;;;/h7-10H,4-6,11-12H2,1-3H3;2*1H3;. The molecule has 21 heavy (non-hydrogen) atoms. The second kappa shape index (κ2) is 5.48. The second-order valence-electron chi connectivity index (χ2n) is 7.43. The minimum atomic E-state index is -1.52. The maximum absolute atomic E-state index is 2.62. The van der Waals surface area contributed by atoms with Gasteiger partial charge < -0.3 is 0 Å². The van der Waals surface area contributed by atoms with E-state index < -0.39 is 21.4 Å². The Labute approximate surface area is 138 Å². The van der Waals surface area contributed by atoms with Crippen LogP contribution < -0.4 is 0 Å². The summed E-state index contributed by atoms with van der Waals surface area (Å²) in [6.45, 7) is 7.15. The number of hydrogen-bond donors (Lipinski definition) is 0. The van der Waals surface area contributed by atoms with Gasteiger partial charge in [0, 0.05) is 0 Å². The molecule has 0 spiro atoms. The number of allylic oxidation sites excluding steroid dienone is 1. The van der Waals surface area contributed by atoms with E-state index in [1.165, 1.54) is 32.1 Å². The van der Waals surface area contributed by atoms with Crippen molar-refractivity contribution in [3.63, 3.8) is 0 Å². The van der Waals surface area contributed by atoms with Gasteiger partial charge in [-0.2, -0.15) is 0 Å². The Bertz CT molecular complexity index is 578. The molecule has 0 saturated carbocycles. The summed E-state index contributed by atoms with van der Waals surface area (Å²) in [6, 6.07) is 5.17. The summed E-state index contributed by atoms with van der Waals surface area (Å²) in [6.07, 6.45) is 11.6. The first-order chi connectivity index (χ1) is 10.00. The first kappa shape index (κ1) is 15.7. The molecule has 0 nitrogen and oxygen atoms in total. The van der Waals surface area contributed by atoms with Gasteiger partial charge in [-0.3, -0.25) is 0 Å². The fourth-order valence-corrected chi connectivity index (χ4v) is 11.4. The first-order valence-electron chi connectivity index (χ1n) is 8.66. The van der Waals surface area contributed by atoms with Crippen molar-refractivity contribution >= 4 is 6.08 Å². The summed E-state index contributed by atoms with van der Waals surface area (Å²) in [5, 5.41) is 0. The Balaban J connectivity index is 2.06. The monoisotopic (exact) mass is 449 g/mol. The zero-order chi connectivity index (χ0) is 15.3. The van der Waals surface area contributed by atoms with Crippen LogP contribution in [0.3, 0.4) is 0 Å². The van der Waals surface area contributed by atoms with Gasteiger partial charge in [0.05, 0.1) is 0 Å². The van der Waals surface area contributed by atoms with Gasteiger partial charge in [-0.1, -0.05) is 0 Å². The fourth-order valence-electron chi connectivity index (χ4n) is 4.60. The quantitative estimate of drug-likeness (QED) is 0.501.